The van der Waals surface area contributed by atoms with Crippen molar-refractivity contribution in [1.82, 2.24) is 19.7 Å². The van der Waals surface area contributed by atoms with E-state index in [1.807, 2.05) is 0 Å². The van der Waals surface area contributed by atoms with Crippen molar-refractivity contribution in [2.75, 3.05) is 46.4 Å². The van der Waals surface area contributed by atoms with Gasteiger partial charge in [-0.15, -0.1) is 0 Å². The highest BCUT2D eigenvalue weighted by Gasteiger charge is 2.17. The topological polar surface area (TPSA) is 45.0 Å². The van der Waals surface area contributed by atoms with Gasteiger partial charge in [0.25, 0.3) is 0 Å². The zero-order valence-corrected chi connectivity index (χ0v) is 15.0. The third kappa shape index (κ3) is 5.25. The summed E-state index contributed by atoms with van der Waals surface area (Å²) in [6.07, 6.45) is 2.08. The molecule has 0 aliphatic carbocycles. The van der Waals surface area contributed by atoms with Gasteiger partial charge in [0.2, 0.25) is 0 Å². The van der Waals surface area contributed by atoms with Gasteiger partial charge in [-0.2, -0.15) is 0 Å². The fourth-order valence-corrected chi connectivity index (χ4v) is 2.80. The molecule has 0 spiro atoms. The van der Waals surface area contributed by atoms with Crippen LogP contribution >= 0.6 is 0 Å². The quantitative estimate of drug-likeness (QED) is 0.630. The van der Waals surface area contributed by atoms with Gasteiger partial charge in [0.05, 0.1) is 26.3 Å². The molecule has 1 N–H and O–H groups in total. The lowest BCUT2D eigenvalue weighted by Crippen LogP contribution is -2.44. The van der Waals surface area contributed by atoms with E-state index in [-0.39, 0.29) is 0 Å². The number of aliphatic imine (C=N–C) groups is 1. The Balaban J connectivity index is 1.94. The number of guanidine groups is 1. The molecule has 23 heavy (non-hydrogen) atoms. The van der Waals surface area contributed by atoms with Crippen molar-refractivity contribution in [2.45, 2.75) is 26.4 Å². The molecule has 1 fully saturated rings. The summed E-state index contributed by atoms with van der Waals surface area (Å²) in [7, 11) is 4.17. The van der Waals surface area contributed by atoms with Crippen molar-refractivity contribution in [3.63, 3.8) is 0 Å². The molecule has 0 radical (unpaired) electrons. The Labute approximate surface area is 140 Å². The molecule has 6 heteroatoms. The molecule has 1 unspecified atom stereocenters. The van der Waals surface area contributed by atoms with E-state index >= 15 is 0 Å². The van der Waals surface area contributed by atoms with E-state index in [1.54, 1.807) is 0 Å². The minimum atomic E-state index is 0.441. The molecular formula is C17H31N5O. The molecule has 0 saturated carbocycles. The van der Waals surface area contributed by atoms with Crippen LogP contribution in [-0.4, -0.2) is 72.8 Å². The molecule has 130 valence electrons. The third-order valence-electron chi connectivity index (χ3n) is 4.32. The van der Waals surface area contributed by atoms with Crippen molar-refractivity contribution < 1.29 is 4.74 Å². The number of hydrogen-bond donors (Lipinski definition) is 1. The first-order valence-corrected chi connectivity index (χ1v) is 8.53. The van der Waals surface area contributed by atoms with Crippen LogP contribution in [0.1, 0.15) is 19.5 Å². The molecule has 1 aliphatic heterocycles. The monoisotopic (exact) mass is 321 g/mol. The first-order valence-electron chi connectivity index (χ1n) is 8.53. The Morgan fingerprint density at radius 2 is 2.17 bits per heavy atom. The Morgan fingerprint density at radius 1 is 1.43 bits per heavy atom. The third-order valence-corrected chi connectivity index (χ3v) is 4.32. The highest BCUT2D eigenvalue weighted by Crippen LogP contribution is 2.06. The van der Waals surface area contributed by atoms with Gasteiger partial charge >= 0.3 is 0 Å². The number of hydrogen-bond acceptors (Lipinski definition) is 3. The average molecular weight is 321 g/mol. The summed E-state index contributed by atoms with van der Waals surface area (Å²) in [4.78, 5) is 9.48. The van der Waals surface area contributed by atoms with Gasteiger partial charge in [-0.3, -0.25) is 9.89 Å². The number of nitrogens with zero attached hydrogens (tertiary/aromatic N) is 4. The molecule has 2 heterocycles. The van der Waals surface area contributed by atoms with Gasteiger partial charge in [0, 0.05) is 51.7 Å². The second kappa shape index (κ2) is 8.93. The van der Waals surface area contributed by atoms with E-state index in [1.165, 1.54) is 5.69 Å². The second-order valence-electron chi connectivity index (χ2n) is 6.16. The van der Waals surface area contributed by atoms with Crippen molar-refractivity contribution in [3.8, 4) is 0 Å². The van der Waals surface area contributed by atoms with E-state index < -0.39 is 0 Å². The van der Waals surface area contributed by atoms with Crippen LogP contribution in [0, 0.1) is 0 Å². The van der Waals surface area contributed by atoms with Crippen molar-refractivity contribution in [3.05, 3.63) is 24.0 Å². The Hall–Kier alpha value is -1.53. The smallest absolute Gasteiger partial charge is 0.194 e. The Morgan fingerprint density at radius 3 is 2.78 bits per heavy atom. The largest absolute Gasteiger partial charge is 0.379 e. The van der Waals surface area contributed by atoms with Crippen molar-refractivity contribution >= 4 is 5.96 Å². The van der Waals surface area contributed by atoms with Crippen LogP contribution in [0.3, 0.4) is 0 Å². The maximum Gasteiger partial charge on any atom is 0.194 e. The number of aromatic nitrogens is 1. The normalized spacial score (nSPS) is 18.0. The molecule has 0 aromatic carbocycles. The fraction of sp³-hybridized carbons (Fsp3) is 0.706. The number of rotatable bonds is 6. The van der Waals surface area contributed by atoms with E-state index in [4.69, 9.17) is 9.73 Å². The minimum absolute atomic E-state index is 0.441. The number of nitrogens with one attached hydrogen (secondary N) is 1. The van der Waals surface area contributed by atoms with Gasteiger partial charge in [-0.25, -0.2) is 0 Å². The Bertz CT molecular complexity index is 493. The maximum atomic E-state index is 5.42. The molecule has 1 aromatic heterocycles. The van der Waals surface area contributed by atoms with E-state index in [0.717, 1.165) is 51.9 Å². The summed E-state index contributed by atoms with van der Waals surface area (Å²) >= 11 is 0. The van der Waals surface area contributed by atoms with E-state index in [2.05, 4.69) is 66.0 Å². The summed E-state index contributed by atoms with van der Waals surface area (Å²) < 4.78 is 7.57. The molecule has 6 nitrogen and oxygen atoms in total. The zero-order valence-electron chi connectivity index (χ0n) is 15.0. The van der Waals surface area contributed by atoms with Crippen LogP contribution < -0.4 is 5.32 Å². The first-order chi connectivity index (χ1) is 11.1. The summed E-state index contributed by atoms with van der Waals surface area (Å²) in [5.41, 5.74) is 1.28. The molecule has 0 bridgehead atoms. The first kappa shape index (κ1) is 17.8. The van der Waals surface area contributed by atoms with Crippen LogP contribution in [0.2, 0.25) is 0 Å². The number of ether oxygens (including phenoxy) is 1. The summed E-state index contributed by atoms with van der Waals surface area (Å²) in [5, 5.41) is 3.40. The maximum absolute atomic E-state index is 5.42. The summed E-state index contributed by atoms with van der Waals surface area (Å²) in [6, 6.07) is 4.67. The number of morpholine rings is 1. The van der Waals surface area contributed by atoms with Crippen LogP contribution in [0.4, 0.5) is 0 Å². The molecule has 1 aliphatic rings. The molecule has 1 aromatic rings. The zero-order chi connectivity index (χ0) is 16.7. The molecule has 0 amide bonds. The van der Waals surface area contributed by atoms with Gasteiger partial charge in [-0.05, 0) is 26.0 Å². The molecular weight excluding hydrogens is 290 g/mol. The standard InChI is InChI=1S/C17H31N5O/c1-5-18-17(21(4)14-16-7-6-8-20(16)3)19-13-15(2)22-9-11-23-12-10-22/h6-8,15H,5,9-14H2,1-4H3,(H,18,19). The predicted octanol–water partition coefficient (Wildman–Crippen LogP) is 1.14. The summed E-state index contributed by atoms with van der Waals surface area (Å²) in [6.45, 7) is 10.6. The van der Waals surface area contributed by atoms with Crippen molar-refractivity contribution in [2.24, 2.45) is 12.0 Å². The second-order valence-corrected chi connectivity index (χ2v) is 6.16. The van der Waals surface area contributed by atoms with Crippen LogP contribution in [0.5, 0.6) is 0 Å². The van der Waals surface area contributed by atoms with Gasteiger partial charge in [0.1, 0.15) is 0 Å². The highest BCUT2D eigenvalue weighted by atomic mass is 16.5. The van der Waals surface area contributed by atoms with E-state index in [9.17, 15) is 0 Å². The average Bonchev–Trinajstić information content (AvgIpc) is 2.96. The van der Waals surface area contributed by atoms with Crippen LogP contribution in [0.25, 0.3) is 0 Å². The van der Waals surface area contributed by atoms with Gasteiger partial charge < -0.3 is 19.5 Å². The fourth-order valence-electron chi connectivity index (χ4n) is 2.80. The van der Waals surface area contributed by atoms with Crippen LogP contribution in [-0.2, 0) is 18.3 Å². The summed E-state index contributed by atoms with van der Waals surface area (Å²) in [5.74, 6) is 0.966. The molecule has 2 rings (SSSR count). The van der Waals surface area contributed by atoms with Crippen molar-refractivity contribution in [1.29, 1.82) is 0 Å². The van der Waals surface area contributed by atoms with E-state index in [0.29, 0.717) is 6.04 Å². The Kier molecular flexibility index (Phi) is 6.92. The predicted molar refractivity (Wildman–Crippen MR) is 94.7 cm³/mol. The number of aryl methyl sites for hydroxylation is 1. The molecule has 1 saturated heterocycles. The minimum Gasteiger partial charge on any atom is -0.379 e. The van der Waals surface area contributed by atoms with Gasteiger partial charge in [-0.1, -0.05) is 0 Å². The molecule has 1 atom stereocenters. The SMILES string of the molecule is CCNC(=NCC(C)N1CCOCC1)N(C)Cc1cccn1C. The van der Waals surface area contributed by atoms with Crippen LogP contribution in [0.15, 0.2) is 23.3 Å². The lowest BCUT2D eigenvalue weighted by atomic mass is 10.2. The highest BCUT2D eigenvalue weighted by molar-refractivity contribution is 5.79. The van der Waals surface area contributed by atoms with Gasteiger partial charge in [0.15, 0.2) is 5.96 Å². The lowest BCUT2D eigenvalue weighted by Gasteiger charge is -2.32. The lowest BCUT2D eigenvalue weighted by molar-refractivity contribution is 0.0220.